The van der Waals surface area contributed by atoms with Crippen molar-refractivity contribution < 1.29 is 0 Å². The van der Waals surface area contributed by atoms with E-state index in [0.717, 1.165) is 11.8 Å². The van der Waals surface area contributed by atoms with Gasteiger partial charge >= 0.3 is 0 Å². The van der Waals surface area contributed by atoms with Crippen LogP contribution in [0.15, 0.2) is 10.8 Å². The summed E-state index contributed by atoms with van der Waals surface area (Å²) in [6.07, 6.45) is 16.5. The van der Waals surface area contributed by atoms with Gasteiger partial charge in [-0.3, -0.25) is 0 Å². The Morgan fingerprint density at radius 3 is 1.48 bits per heavy atom. The molecule has 0 amide bonds. The molecular formula is C22H40S. The van der Waals surface area contributed by atoms with Crippen molar-refractivity contribution in [2.45, 2.75) is 105 Å². The van der Waals surface area contributed by atoms with Gasteiger partial charge in [0.05, 0.1) is 0 Å². The summed E-state index contributed by atoms with van der Waals surface area (Å²) in [4.78, 5) is 0. The Kier molecular flexibility index (Phi) is 11.8. The number of hydrogen-bond acceptors (Lipinski definition) is 1. The monoisotopic (exact) mass is 336 g/mol. The van der Waals surface area contributed by atoms with E-state index in [4.69, 9.17) is 0 Å². The van der Waals surface area contributed by atoms with Crippen LogP contribution in [-0.2, 0) is 12.8 Å². The highest BCUT2D eigenvalue weighted by Gasteiger charge is 2.11. The molecule has 0 radical (unpaired) electrons. The maximum Gasteiger partial charge on any atom is -0.00584 e. The van der Waals surface area contributed by atoms with Crippen LogP contribution < -0.4 is 0 Å². The Balaban J connectivity index is 2.42. The molecule has 1 heterocycles. The summed E-state index contributed by atoms with van der Waals surface area (Å²) in [5, 5.41) is 4.85. The lowest BCUT2D eigenvalue weighted by molar-refractivity contribution is 0.416. The second-order valence-electron chi connectivity index (χ2n) is 7.33. The second-order valence-corrected chi connectivity index (χ2v) is 8.08. The number of hydrogen-bond donors (Lipinski definition) is 0. The number of rotatable bonds is 14. The molecular weight excluding hydrogens is 296 g/mol. The molecule has 1 heteroatoms. The van der Waals surface area contributed by atoms with Crippen LogP contribution in [0.4, 0.5) is 0 Å². The molecule has 0 spiro atoms. The van der Waals surface area contributed by atoms with Gasteiger partial charge in [0.1, 0.15) is 0 Å². The van der Waals surface area contributed by atoms with Crippen molar-refractivity contribution in [3.8, 4) is 0 Å². The minimum atomic E-state index is 0.940. The van der Waals surface area contributed by atoms with E-state index in [1.165, 1.54) is 77.0 Å². The Morgan fingerprint density at radius 1 is 0.696 bits per heavy atom. The van der Waals surface area contributed by atoms with Gasteiger partial charge in [0.25, 0.3) is 0 Å². The first-order valence-corrected chi connectivity index (χ1v) is 11.2. The van der Waals surface area contributed by atoms with Crippen molar-refractivity contribution >= 4 is 11.3 Å². The summed E-state index contributed by atoms with van der Waals surface area (Å²) in [6, 6.07) is 0. The minimum absolute atomic E-state index is 0.940. The van der Waals surface area contributed by atoms with Gasteiger partial charge in [0, 0.05) is 0 Å². The van der Waals surface area contributed by atoms with Crippen molar-refractivity contribution in [1.29, 1.82) is 0 Å². The Hall–Kier alpha value is -0.300. The summed E-state index contributed by atoms with van der Waals surface area (Å²) in [5.74, 6) is 1.88. The Bertz CT molecular complexity index is 345. The summed E-state index contributed by atoms with van der Waals surface area (Å²) in [6.45, 7) is 9.36. The molecule has 1 rings (SSSR count). The molecule has 0 aliphatic heterocycles. The number of aryl methyl sites for hydroxylation is 2. The third-order valence-corrected chi connectivity index (χ3v) is 6.40. The van der Waals surface area contributed by atoms with Crippen LogP contribution in [0.5, 0.6) is 0 Å². The molecule has 134 valence electrons. The van der Waals surface area contributed by atoms with E-state index in [1.807, 2.05) is 11.3 Å². The first-order valence-electron chi connectivity index (χ1n) is 10.3. The third-order valence-electron chi connectivity index (χ3n) is 5.56. The molecule has 0 saturated heterocycles. The normalized spacial score (nSPS) is 14.1. The molecule has 0 aliphatic rings. The van der Waals surface area contributed by atoms with E-state index >= 15 is 0 Å². The van der Waals surface area contributed by atoms with E-state index < -0.39 is 0 Å². The fourth-order valence-corrected chi connectivity index (χ4v) is 4.53. The fraction of sp³-hybridized carbons (Fsp3) is 0.818. The van der Waals surface area contributed by atoms with Gasteiger partial charge in [-0.2, -0.15) is 11.3 Å². The molecule has 0 nitrogen and oxygen atoms in total. The Labute approximate surface area is 150 Å². The number of unbranched alkanes of at least 4 members (excludes halogenated alkanes) is 2. The van der Waals surface area contributed by atoms with Crippen molar-refractivity contribution in [3.63, 3.8) is 0 Å². The fourth-order valence-electron chi connectivity index (χ4n) is 3.60. The van der Waals surface area contributed by atoms with Gasteiger partial charge in [-0.1, -0.05) is 79.1 Å². The number of thiophene rings is 1. The topological polar surface area (TPSA) is 0 Å². The highest BCUT2D eigenvalue weighted by Crippen LogP contribution is 2.26. The van der Waals surface area contributed by atoms with Crippen LogP contribution in [0, 0.1) is 11.8 Å². The van der Waals surface area contributed by atoms with E-state index in [0.29, 0.717) is 0 Å². The van der Waals surface area contributed by atoms with Crippen LogP contribution in [0.3, 0.4) is 0 Å². The zero-order chi connectivity index (χ0) is 16.9. The highest BCUT2D eigenvalue weighted by atomic mass is 32.1. The maximum absolute atomic E-state index is 2.43. The van der Waals surface area contributed by atoms with Gasteiger partial charge in [-0.15, -0.1) is 0 Å². The van der Waals surface area contributed by atoms with Crippen molar-refractivity contribution in [3.05, 3.63) is 21.9 Å². The van der Waals surface area contributed by atoms with Crippen LogP contribution in [0.25, 0.3) is 0 Å². The lowest BCUT2D eigenvalue weighted by atomic mass is 9.89. The molecule has 23 heavy (non-hydrogen) atoms. The average Bonchev–Trinajstić information content (AvgIpc) is 3.03. The zero-order valence-electron chi connectivity index (χ0n) is 16.2. The molecule has 0 saturated carbocycles. The van der Waals surface area contributed by atoms with Gasteiger partial charge in [0.2, 0.25) is 0 Å². The molecule has 0 N–H and O–H groups in total. The molecule has 1 aromatic heterocycles. The summed E-state index contributed by atoms with van der Waals surface area (Å²) in [7, 11) is 0. The van der Waals surface area contributed by atoms with Gasteiger partial charge < -0.3 is 0 Å². The summed E-state index contributed by atoms with van der Waals surface area (Å²) < 4.78 is 0. The van der Waals surface area contributed by atoms with Crippen molar-refractivity contribution in [2.75, 3.05) is 0 Å². The average molecular weight is 337 g/mol. The second kappa shape index (κ2) is 13.0. The van der Waals surface area contributed by atoms with Crippen LogP contribution in [0.2, 0.25) is 0 Å². The SMILES string of the molecule is CCCCC(CC)CCc1cscc1CCC(CC)CCCC. The molecule has 0 bridgehead atoms. The lowest BCUT2D eigenvalue weighted by Crippen LogP contribution is -2.04. The predicted octanol–water partition coefficient (Wildman–Crippen LogP) is 8.05. The highest BCUT2D eigenvalue weighted by molar-refractivity contribution is 7.08. The quantitative estimate of drug-likeness (QED) is 0.322. The molecule has 1 aromatic rings. The van der Waals surface area contributed by atoms with Crippen LogP contribution in [-0.4, -0.2) is 0 Å². The summed E-state index contributed by atoms with van der Waals surface area (Å²) in [5.41, 5.74) is 3.32. The molecule has 0 fully saturated rings. The summed E-state index contributed by atoms with van der Waals surface area (Å²) >= 11 is 1.92. The lowest BCUT2D eigenvalue weighted by Gasteiger charge is -2.16. The largest absolute Gasteiger partial charge is 0.152 e. The smallest absolute Gasteiger partial charge is 0.00584 e. The maximum atomic E-state index is 2.43. The molecule has 0 aliphatic carbocycles. The zero-order valence-corrected chi connectivity index (χ0v) is 17.0. The van der Waals surface area contributed by atoms with Crippen molar-refractivity contribution in [2.24, 2.45) is 11.8 Å². The molecule has 2 atom stereocenters. The standard InChI is InChI=1S/C22H40S/c1-5-9-11-19(7-3)13-15-21-17-23-18-22(21)16-14-20(8-4)12-10-6-2/h17-20H,5-16H2,1-4H3. The Morgan fingerprint density at radius 2 is 1.13 bits per heavy atom. The molecule has 2 unspecified atom stereocenters. The van der Waals surface area contributed by atoms with E-state index in [-0.39, 0.29) is 0 Å². The van der Waals surface area contributed by atoms with Crippen LogP contribution >= 0.6 is 11.3 Å². The van der Waals surface area contributed by atoms with Crippen molar-refractivity contribution in [1.82, 2.24) is 0 Å². The third kappa shape index (κ3) is 8.38. The predicted molar refractivity (Wildman–Crippen MR) is 108 cm³/mol. The first-order chi connectivity index (χ1) is 11.2. The first kappa shape index (κ1) is 20.7. The van der Waals surface area contributed by atoms with E-state index in [1.54, 1.807) is 11.1 Å². The van der Waals surface area contributed by atoms with Gasteiger partial charge in [-0.25, -0.2) is 0 Å². The van der Waals surface area contributed by atoms with E-state index in [2.05, 4.69) is 38.5 Å². The molecule has 0 aromatic carbocycles. The van der Waals surface area contributed by atoms with E-state index in [9.17, 15) is 0 Å². The van der Waals surface area contributed by atoms with Crippen LogP contribution in [0.1, 0.15) is 103 Å². The van der Waals surface area contributed by atoms with Gasteiger partial charge in [0.15, 0.2) is 0 Å². The minimum Gasteiger partial charge on any atom is -0.152 e. The van der Waals surface area contributed by atoms with Gasteiger partial charge in [-0.05, 0) is 59.4 Å².